The number of halogens is 2. The second-order valence-electron chi connectivity index (χ2n) is 11.1. The number of nitrogens with one attached hydrogen (secondary N) is 1. The van der Waals surface area contributed by atoms with Crippen LogP contribution in [0.3, 0.4) is 0 Å². The largest absolute Gasteiger partial charge is 0.504 e. The van der Waals surface area contributed by atoms with Gasteiger partial charge in [0, 0.05) is 12.0 Å². The van der Waals surface area contributed by atoms with E-state index in [-0.39, 0.29) is 36.9 Å². The summed E-state index contributed by atoms with van der Waals surface area (Å²) in [6.07, 6.45) is -7.35. The van der Waals surface area contributed by atoms with E-state index >= 15 is 0 Å². The number of nitrogens with zero attached hydrogens (tertiary/aromatic N) is 1. The van der Waals surface area contributed by atoms with E-state index in [4.69, 9.17) is 23.8 Å². The molecule has 1 aliphatic carbocycles. The van der Waals surface area contributed by atoms with Crippen molar-refractivity contribution in [2.75, 3.05) is 6.79 Å². The van der Waals surface area contributed by atoms with Crippen LogP contribution in [0.25, 0.3) is 6.08 Å². The van der Waals surface area contributed by atoms with Crippen molar-refractivity contribution in [3.63, 3.8) is 0 Å². The third kappa shape index (κ3) is 7.25. The topological polar surface area (TPSA) is 189 Å². The molecule has 9 atom stereocenters. The molecule has 2 aromatic rings. The second kappa shape index (κ2) is 13.7. The number of benzene rings is 2. The first kappa shape index (κ1) is 32.7. The number of ether oxygens (including phenoxy) is 4. The Labute approximate surface area is 256 Å². The summed E-state index contributed by atoms with van der Waals surface area (Å²) in [7, 11) is 0. The average Bonchev–Trinajstić information content (AvgIpc) is 3.64. The summed E-state index contributed by atoms with van der Waals surface area (Å²) in [5, 5.41) is 58.8. The fourth-order valence-corrected chi connectivity index (χ4v) is 5.30. The number of aromatic hydroxyl groups is 1. The number of hydrogen-bond acceptors (Lipinski definition) is 12. The maximum Gasteiger partial charge on any atom is 0.247 e. The molecule has 0 aromatic heterocycles. The molecule has 0 spiro atoms. The lowest BCUT2D eigenvalue weighted by Crippen LogP contribution is -2.67. The minimum Gasteiger partial charge on any atom is -0.504 e. The van der Waals surface area contributed by atoms with Crippen molar-refractivity contribution >= 4 is 17.7 Å². The molecule has 0 radical (unpaired) electrons. The predicted molar refractivity (Wildman–Crippen MR) is 150 cm³/mol. The summed E-state index contributed by atoms with van der Waals surface area (Å²) < 4.78 is 48.4. The van der Waals surface area contributed by atoms with Crippen LogP contribution in [-0.2, 0) is 30.4 Å². The van der Waals surface area contributed by atoms with Crippen LogP contribution in [0.15, 0.2) is 47.1 Å². The summed E-state index contributed by atoms with van der Waals surface area (Å²) in [6, 6.07) is 6.42. The van der Waals surface area contributed by atoms with Crippen LogP contribution >= 0.6 is 0 Å². The Kier molecular flexibility index (Phi) is 9.98. The molecule has 13 nitrogen and oxygen atoms in total. The molecule has 2 aromatic carbocycles. The van der Waals surface area contributed by atoms with Gasteiger partial charge in [-0.25, -0.2) is 8.78 Å². The number of carbonyl (C=O) groups excluding carboxylic acids is 1. The van der Waals surface area contributed by atoms with Gasteiger partial charge in [-0.1, -0.05) is 17.3 Å². The molecule has 0 bridgehead atoms. The van der Waals surface area contributed by atoms with Gasteiger partial charge in [0.1, 0.15) is 56.1 Å². The molecule has 2 saturated heterocycles. The van der Waals surface area contributed by atoms with Crippen molar-refractivity contribution in [3.8, 4) is 11.5 Å². The van der Waals surface area contributed by atoms with Gasteiger partial charge in [-0.2, -0.15) is 0 Å². The van der Waals surface area contributed by atoms with Crippen molar-refractivity contribution in [2.24, 2.45) is 5.16 Å². The third-order valence-corrected chi connectivity index (χ3v) is 7.83. The molecule has 2 heterocycles. The molecule has 2 aliphatic heterocycles. The molecule has 15 heteroatoms. The summed E-state index contributed by atoms with van der Waals surface area (Å²) >= 11 is 0. The van der Waals surface area contributed by atoms with E-state index in [0.717, 1.165) is 12.1 Å². The van der Waals surface area contributed by atoms with E-state index in [0.29, 0.717) is 16.8 Å². The van der Waals surface area contributed by atoms with Crippen molar-refractivity contribution in [1.82, 2.24) is 5.32 Å². The molecular weight excluding hydrogens is 602 g/mol. The molecule has 3 aliphatic rings. The van der Waals surface area contributed by atoms with Crippen LogP contribution < -0.4 is 10.1 Å². The van der Waals surface area contributed by atoms with Gasteiger partial charge < -0.3 is 54.6 Å². The van der Waals surface area contributed by atoms with Crippen molar-refractivity contribution in [2.45, 2.75) is 81.9 Å². The normalized spacial score (nSPS) is 31.9. The Morgan fingerprint density at radius 3 is 2.47 bits per heavy atom. The number of phenols is 1. The molecular formula is C30H34F2N2O11. The number of rotatable bonds is 9. The number of amides is 1. The Hall–Kier alpha value is -3.70. The Morgan fingerprint density at radius 2 is 1.76 bits per heavy atom. The third-order valence-electron chi connectivity index (χ3n) is 7.83. The Morgan fingerprint density at radius 1 is 1.02 bits per heavy atom. The van der Waals surface area contributed by atoms with Crippen molar-refractivity contribution in [1.29, 1.82) is 0 Å². The molecule has 45 heavy (non-hydrogen) atoms. The number of oxime groups is 1. The molecule has 3 fully saturated rings. The van der Waals surface area contributed by atoms with Gasteiger partial charge in [-0.3, -0.25) is 4.79 Å². The minimum absolute atomic E-state index is 0.00101. The van der Waals surface area contributed by atoms with E-state index < -0.39 is 72.6 Å². The van der Waals surface area contributed by atoms with Crippen LogP contribution in [0.5, 0.6) is 11.5 Å². The van der Waals surface area contributed by atoms with Crippen LogP contribution in [0.4, 0.5) is 8.78 Å². The molecule has 244 valence electrons. The van der Waals surface area contributed by atoms with Gasteiger partial charge in [0.05, 0.1) is 11.8 Å². The van der Waals surface area contributed by atoms with Gasteiger partial charge >= 0.3 is 0 Å². The molecule has 6 N–H and O–H groups in total. The van der Waals surface area contributed by atoms with Crippen LogP contribution in [0, 0.1) is 11.6 Å². The molecule has 1 saturated carbocycles. The number of phenolic OH excluding ortho intramolecular Hbond substituents is 1. The highest BCUT2D eigenvalue weighted by Crippen LogP contribution is 2.33. The summed E-state index contributed by atoms with van der Waals surface area (Å²) in [5.41, 5.74) is 1.32. The first-order chi connectivity index (χ1) is 21.4. The lowest BCUT2D eigenvalue weighted by atomic mass is 9.83. The number of carbonyl (C=O) groups is 1. The van der Waals surface area contributed by atoms with E-state index in [2.05, 4.69) is 10.5 Å². The standard InChI is InChI=1S/C30H34F2N2O11/c1-13(29(40)33-23-24(37)26(39)28-27(25(23)38)41-12-42-28)7-15-4-6-21(19(35)9-15)44-30-20(36)10-22(45-30)14(2)34-43-11-16-3-5-17(31)18(32)8-16/h3-9,20,22-28,30,35-39H,10-12H2,1-2H3,(H,33,40)/b13-7+,34-14+/t20-,22-,23+,24-,25+,26+,27-,28+,30+/m0/s1. The zero-order chi connectivity index (χ0) is 32.4. The SMILES string of the molecule is C/C(=C\c1ccc(O[C@@H]2O[C@H](/C(C)=N/OCc3ccc(F)c(F)c3)C[C@@H]2O)c(O)c1)C(=O)N[C@@H]1[C@H](O)[C@@H](O)[C@H]2OCO[C@H]2[C@@H]1O. The second-order valence-corrected chi connectivity index (χ2v) is 11.1. The Bertz CT molecular complexity index is 1460. The Balaban J connectivity index is 1.15. The van der Waals surface area contributed by atoms with E-state index in [1.54, 1.807) is 13.0 Å². The van der Waals surface area contributed by atoms with Crippen LogP contribution in [0.2, 0.25) is 0 Å². The smallest absolute Gasteiger partial charge is 0.247 e. The van der Waals surface area contributed by atoms with E-state index in [1.165, 1.54) is 31.2 Å². The maximum atomic E-state index is 13.4. The van der Waals surface area contributed by atoms with Crippen molar-refractivity contribution < 1.29 is 62.9 Å². The molecule has 1 amide bonds. The number of aliphatic hydroxyl groups is 4. The summed E-state index contributed by atoms with van der Waals surface area (Å²) in [6.45, 7) is 2.82. The zero-order valence-corrected chi connectivity index (χ0v) is 24.2. The fraction of sp³-hybridized carbons (Fsp3) is 0.467. The van der Waals surface area contributed by atoms with Crippen molar-refractivity contribution in [3.05, 3.63) is 64.7 Å². The maximum absolute atomic E-state index is 13.4. The van der Waals surface area contributed by atoms with Crippen LogP contribution in [-0.4, -0.2) is 99.0 Å². The van der Waals surface area contributed by atoms with Gasteiger partial charge in [0.15, 0.2) is 23.1 Å². The predicted octanol–water partition coefficient (Wildman–Crippen LogP) is 0.844. The van der Waals surface area contributed by atoms with Crippen LogP contribution in [0.1, 0.15) is 31.4 Å². The highest BCUT2D eigenvalue weighted by molar-refractivity contribution is 5.97. The number of aliphatic hydroxyl groups excluding tert-OH is 4. The summed E-state index contributed by atoms with van der Waals surface area (Å²) in [4.78, 5) is 18.0. The highest BCUT2D eigenvalue weighted by atomic mass is 19.2. The average molecular weight is 637 g/mol. The van der Waals surface area contributed by atoms with E-state index in [9.17, 15) is 39.1 Å². The van der Waals surface area contributed by atoms with Gasteiger partial charge in [0.2, 0.25) is 12.2 Å². The zero-order valence-electron chi connectivity index (χ0n) is 24.2. The first-order valence-electron chi connectivity index (χ1n) is 14.1. The monoisotopic (exact) mass is 636 g/mol. The summed E-state index contributed by atoms with van der Waals surface area (Å²) in [5.74, 6) is -2.91. The first-order valence-corrected chi connectivity index (χ1v) is 14.1. The lowest BCUT2D eigenvalue weighted by Gasteiger charge is -2.41. The minimum atomic E-state index is -1.50. The molecule has 0 unspecified atom stereocenters. The quantitative estimate of drug-likeness (QED) is 0.130. The number of fused-ring (bicyclic) bond motifs is 1. The van der Waals surface area contributed by atoms with Gasteiger partial charge in [-0.05, 0) is 55.3 Å². The highest BCUT2D eigenvalue weighted by Gasteiger charge is 2.53. The lowest BCUT2D eigenvalue weighted by molar-refractivity contribution is -0.155. The molecule has 5 rings (SSSR count). The van der Waals surface area contributed by atoms with Gasteiger partial charge in [0.25, 0.3) is 0 Å². The number of hydrogen-bond donors (Lipinski definition) is 6. The fourth-order valence-electron chi connectivity index (χ4n) is 5.30. The van der Waals surface area contributed by atoms with E-state index in [1.807, 2.05) is 0 Å². The van der Waals surface area contributed by atoms with Gasteiger partial charge in [-0.15, -0.1) is 0 Å².